The lowest BCUT2D eigenvalue weighted by Gasteiger charge is -2.17. The molecule has 0 unspecified atom stereocenters. The number of carbonyl (C=O) groups is 2. The maximum atomic E-state index is 12.1. The summed E-state index contributed by atoms with van der Waals surface area (Å²) in [5.74, 6) is -0.325. The van der Waals surface area contributed by atoms with Crippen LogP contribution in [0, 0.1) is 13.8 Å². The van der Waals surface area contributed by atoms with Crippen molar-refractivity contribution in [2.45, 2.75) is 47.6 Å². The van der Waals surface area contributed by atoms with Crippen LogP contribution in [0.15, 0.2) is 12.1 Å². The van der Waals surface area contributed by atoms with Gasteiger partial charge in [0.2, 0.25) is 0 Å². The molecule has 1 aliphatic rings. The van der Waals surface area contributed by atoms with Gasteiger partial charge in [-0.05, 0) is 39.3 Å². The summed E-state index contributed by atoms with van der Waals surface area (Å²) in [6.45, 7) is 11.5. The van der Waals surface area contributed by atoms with Crippen LogP contribution in [-0.4, -0.2) is 22.8 Å². The highest BCUT2D eigenvalue weighted by molar-refractivity contribution is 6.22. The number of rotatable bonds is 1. The number of aryl methyl sites for hydroxylation is 2. The molecule has 0 saturated carbocycles. The van der Waals surface area contributed by atoms with Crippen LogP contribution in [0.1, 0.15) is 59.5 Å². The number of imide groups is 1. The molecule has 98 valence electrons. The summed E-state index contributed by atoms with van der Waals surface area (Å²) < 4.78 is 0. The van der Waals surface area contributed by atoms with E-state index in [1.807, 2.05) is 47.6 Å². The summed E-state index contributed by atoms with van der Waals surface area (Å²) >= 11 is 0. The van der Waals surface area contributed by atoms with Crippen molar-refractivity contribution < 1.29 is 9.59 Å². The molecule has 0 fully saturated rings. The molecule has 3 nitrogen and oxygen atoms in total. The van der Waals surface area contributed by atoms with Crippen molar-refractivity contribution in [1.82, 2.24) is 4.90 Å². The average Bonchev–Trinajstić information content (AvgIpc) is 2.53. The predicted molar refractivity (Wildman–Crippen MR) is 72.9 cm³/mol. The number of carbonyl (C=O) groups excluding carboxylic acids is 2. The van der Waals surface area contributed by atoms with E-state index in [-0.39, 0.29) is 17.9 Å². The molecule has 0 atom stereocenters. The van der Waals surface area contributed by atoms with Gasteiger partial charge in [-0.15, -0.1) is 0 Å². The zero-order valence-corrected chi connectivity index (χ0v) is 12.0. The maximum Gasteiger partial charge on any atom is 0.262 e. The van der Waals surface area contributed by atoms with Crippen LogP contribution in [-0.2, 0) is 0 Å². The van der Waals surface area contributed by atoms with Crippen molar-refractivity contribution >= 4 is 11.8 Å². The summed E-state index contributed by atoms with van der Waals surface area (Å²) in [5, 5.41) is 0. The van der Waals surface area contributed by atoms with E-state index in [1.54, 1.807) is 6.07 Å². The highest BCUT2D eigenvalue weighted by atomic mass is 16.2. The first kappa shape index (κ1) is 14.4. The molecule has 0 bridgehead atoms. The van der Waals surface area contributed by atoms with Crippen LogP contribution in [0.25, 0.3) is 0 Å². The SMILES string of the molecule is CC.Cc1cc(C)c2c(c1)C(=O)N(C(C)C)C2=O. The smallest absolute Gasteiger partial charge is 0.262 e. The Kier molecular flexibility index (Phi) is 4.28. The molecule has 2 amide bonds. The zero-order valence-electron chi connectivity index (χ0n) is 12.0. The van der Waals surface area contributed by atoms with Gasteiger partial charge < -0.3 is 0 Å². The fraction of sp³-hybridized carbons (Fsp3) is 0.467. The Hall–Kier alpha value is -1.64. The van der Waals surface area contributed by atoms with Gasteiger partial charge in [-0.2, -0.15) is 0 Å². The lowest BCUT2D eigenvalue weighted by molar-refractivity contribution is 0.0609. The number of nitrogens with zero attached hydrogens (tertiary/aromatic N) is 1. The summed E-state index contributed by atoms with van der Waals surface area (Å²) in [7, 11) is 0. The first-order valence-electron chi connectivity index (χ1n) is 6.42. The second-order valence-corrected chi connectivity index (χ2v) is 4.58. The normalized spacial score (nSPS) is 13.6. The third kappa shape index (κ3) is 2.17. The molecule has 1 aromatic rings. The van der Waals surface area contributed by atoms with E-state index in [0.717, 1.165) is 11.1 Å². The van der Waals surface area contributed by atoms with Crippen molar-refractivity contribution in [3.05, 3.63) is 34.4 Å². The Bertz CT molecular complexity index is 490. The maximum absolute atomic E-state index is 12.1. The minimum Gasteiger partial charge on any atom is -0.272 e. The first-order chi connectivity index (χ1) is 8.43. The van der Waals surface area contributed by atoms with Gasteiger partial charge in [0.1, 0.15) is 0 Å². The van der Waals surface area contributed by atoms with Gasteiger partial charge in [0, 0.05) is 6.04 Å². The molecule has 3 heteroatoms. The number of fused-ring (bicyclic) bond motifs is 1. The first-order valence-corrected chi connectivity index (χ1v) is 6.42. The molecule has 1 heterocycles. The fourth-order valence-electron chi connectivity index (χ4n) is 2.23. The van der Waals surface area contributed by atoms with Crippen LogP contribution >= 0.6 is 0 Å². The second-order valence-electron chi connectivity index (χ2n) is 4.58. The van der Waals surface area contributed by atoms with Crippen LogP contribution < -0.4 is 0 Å². The molecule has 0 radical (unpaired) electrons. The Balaban J connectivity index is 0.000000771. The van der Waals surface area contributed by atoms with Crippen molar-refractivity contribution in [2.24, 2.45) is 0 Å². The molecule has 0 spiro atoms. The minimum atomic E-state index is -0.165. The average molecular weight is 247 g/mol. The van der Waals surface area contributed by atoms with E-state index in [4.69, 9.17) is 0 Å². The molecular formula is C15H21NO2. The van der Waals surface area contributed by atoms with Crippen molar-refractivity contribution in [3.8, 4) is 0 Å². The van der Waals surface area contributed by atoms with Gasteiger partial charge >= 0.3 is 0 Å². The van der Waals surface area contributed by atoms with Crippen molar-refractivity contribution in [3.63, 3.8) is 0 Å². The van der Waals surface area contributed by atoms with Crippen LogP contribution in [0.4, 0.5) is 0 Å². The monoisotopic (exact) mass is 247 g/mol. The van der Waals surface area contributed by atoms with Crippen molar-refractivity contribution in [1.29, 1.82) is 0 Å². The van der Waals surface area contributed by atoms with Crippen LogP contribution in [0.3, 0.4) is 0 Å². The van der Waals surface area contributed by atoms with Gasteiger partial charge in [-0.1, -0.05) is 25.5 Å². The van der Waals surface area contributed by atoms with E-state index < -0.39 is 0 Å². The third-order valence-electron chi connectivity index (χ3n) is 2.88. The Morgan fingerprint density at radius 3 is 2.06 bits per heavy atom. The molecule has 0 aromatic heterocycles. The second kappa shape index (κ2) is 5.34. The Morgan fingerprint density at radius 2 is 1.56 bits per heavy atom. The topological polar surface area (TPSA) is 37.4 Å². The van der Waals surface area contributed by atoms with Gasteiger partial charge in [0.15, 0.2) is 0 Å². The largest absolute Gasteiger partial charge is 0.272 e. The minimum absolute atomic E-state index is 0.0906. The number of benzene rings is 1. The van der Waals surface area contributed by atoms with Gasteiger partial charge in [-0.25, -0.2) is 0 Å². The van der Waals surface area contributed by atoms with E-state index in [9.17, 15) is 9.59 Å². The van der Waals surface area contributed by atoms with Crippen LogP contribution in [0.5, 0.6) is 0 Å². The summed E-state index contributed by atoms with van der Waals surface area (Å²) in [6.07, 6.45) is 0. The van der Waals surface area contributed by atoms with E-state index >= 15 is 0 Å². The van der Waals surface area contributed by atoms with E-state index in [0.29, 0.717) is 11.1 Å². The number of hydrogen-bond donors (Lipinski definition) is 0. The summed E-state index contributed by atoms with van der Waals surface area (Å²) in [4.78, 5) is 25.5. The summed E-state index contributed by atoms with van der Waals surface area (Å²) in [6, 6.07) is 3.64. The molecule has 18 heavy (non-hydrogen) atoms. The highest BCUT2D eigenvalue weighted by Gasteiger charge is 2.38. The number of amides is 2. The van der Waals surface area contributed by atoms with Crippen molar-refractivity contribution in [2.75, 3.05) is 0 Å². The number of hydrogen-bond acceptors (Lipinski definition) is 2. The fourth-order valence-corrected chi connectivity index (χ4v) is 2.23. The molecular weight excluding hydrogens is 226 g/mol. The van der Waals surface area contributed by atoms with E-state index in [2.05, 4.69) is 0 Å². The molecule has 2 rings (SSSR count). The summed E-state index contributed by atoms with van der Waals surface area (Å²) in [5.41, 5.74) is 3.03. The molecule has 1 aromatic carbocycles. The lowest BCUT2D eigenvalue weighted by atomic mass is 10.0. The quantitative estimate of drug-likeness (QED) is 0.714. The lowest BCUT2D eigenvalue weighted by Crippen LogP contribution is -2.36. The predicted octanol–water partition coefficient (Wildman–Crippen LogP) is 3.33. The molecule has 1 aliphatic heterocycles. The van der Waals surface area contributed by atoms with Crippen LogP contribution in [0.2, 0.25) is 0 Å². The standard InChI is InChI=1S/C13H15NO2.C2H6/c1-7(2)14-12(15)10-6-8(3)5-9(4)11(10)13(14)16;1-2/h5-7H,1-4H3;1-2H3. The highest BCUT2D eigenvalue weighted by Crippen LogP contribution is 2.28. The van der Waals surface area contributed by atoms with Gasteiger partial charge in [0.05, 0.1) is 11.1 Å². The Labute approximate surface area is 109 Å². The van der Waals surface area contributed by atoms with E-state index in [1.165, 1.54) is 4.90 Å². The molecule has 0 N–H and O–H groups in total. The molecule has 0 aliphatic carbocycles. The van der Waals surface area contributed by atoms with Gasteiger partial charge in [0.25, 0.3) is 11.8 Å². The third-order valence-corrected chi connectivity index (χ3v) is 2.88. The molecule has 0 saturated heterocycles. The zero-order chi connectivity index (χ0) is 14.0. The Morgan fingerprint density at radius 1 is 1.00 bits per heavy atom. The van der Waals surface area contributed by atoms with Gasteiger partial charge in [-0.3, -0.25) is 14.5 Å².